The number of ketones is 5. The molecule has 0 radical (unpaired) electrons. The third-order valence-electron chi connectivity index (χ3n) is 29.5. The molecular formula is C86H119N3O16. The van der Waals surface area contributed by atoms with E-state index in [-0.39, 0.29) is 69.3 Å². The standard InChI is InChI=1S/C26H40O3.C22H24N2O8.C19H27NO3.C19H28O2/c1-4-5-6-7-8-24(28)29-23-12-11-21-20-10-9-18-17-19(27)13-15-25(18,2)22(20)14-16-26(21,23)3;1-21(31)8-5-4-6-11(25)12(8)16(26)13-9(21)7-10-15(24(2)3)17(27)14(20(23)30)19(29)22(10,32)18(13)28;1-12(2)7-14-11-20-6-5-13-8-18(22-3)19(23-4)9-15(13)16(20)10-17(14)21;1-18-9-7-13(20)11-12(18)3-4-14-15-5-6-17(21)19(15,2)10-8-16(14)18/h17,20-23H,4-16H2,1-3H3;4-6,9-10,15,25-26,29,31-32H,7H2,1-3H3,(H2,23,30);8-9,12,14,16H,5-7,10-11H2,1-4H3;11,14-17,21H,3-10H2,1-2H3/t20-,21-,22-,23-,25-,26-;9-,10-,15-,21+,22-;;14-,15-,16-,17-,18-,19-/m00.0/s1. The summed E-state index contributed by atoms with van der Waals surface area (Å²) < 4.78 is 17.0. The highest BCUT2D eigenvalue weighted by molar-refractivity contribution is 6.24. The Kier molecular flexibility index (Phi) is 22.2. The predicted molar refractivity (Wildman–Crippen MR) is 398 cm³/mol. The fourth-order valence-electron chi connectivity index (χ4n) is 23.7. The normalized spacial score (nSPS) is 37.7. The number of hydrogen-bond acceptors (Lipinski definition) is 18. The summed E-state index contributed by atoms with van der Waals surface area (Å²) in [6, 6.07) is 7.37. The number of fused-ring (bicyclic) bond motifs is 16. The fourth-order valence-corrected chi connectivity index (χ4v) is 23.7. The number of likely N-dealkylation sites (N-methyl/N-ethyl adjacent to an activating group) is 1. The Morgan fingerprint density at radius 2 is 1.31 bits per heavy atom. The molecule has 2 heterocycles. The minimum absolute atomic E-state index is 0.0294. The van der Waals surface area contributed by atoms with E-state index in [1.165, 1.54) is 131 Å². The van der Waals surface area contributed by atoms with Crippen LogP contribution in [0.25, 0.3) is 5.76 Å². The van der Waals surface area contributed by atoms with E-state index < -0.39 is 75.0 Å². The van der Waals surface area contributed by atoms with E-state index in [0.29, 0.717) is 53.9 Å². The van der Waals surface area contributed by atoms with Crippen molar-refractivity contribution in [3.05, 3.63) is 92.8 Å². The molecule has 2 unspecified atom stereocenters. The van der Waals surface area contributed by atoms with Crippen LogP contribution in [0.3, 0.4) is 0 Å². The SMILES string of the molecule is CCCCCCC(=O)O[C@H]1CC[C@H]2[C@@H]3CCC4=CC(=O)CC[C@]4(C)[C@H]3CC[C@]12C.CN(C)[C@@H]1C(=O)C(C(N)=O)=C(O)[C@@]2(O)C(=O)C3=C(O)c4c(O)cccc4[C@@](C)(O)[C@H]3C[C@@H]12.COc1cc2c(cc1OC)C1CC(=O)C(CC(C)C)CN1CC2.C[C@]12CC[C@H]3[C@@H](CCC4=CC(=O)CC[C@@]43C)[C@@H]1CC[C@@H]2O. The van der Waals surface area contributed by atoms with E-state index in [1.54, 1.807) is 14.2 Å². The van der Waals surface area contributed by atoms with E-state index in [0.717, 1.165) is 119 Å². The highest BCUT2D eigenvalue weighted by Gasteiger charge is 2.67. The Morgan fingerprint density at radius 1 is 0.714 bits per heavy atom. The van der Waals surface area contributed by atoms with Gasteiger partial charge in [0, 0.05) is 73.6 Å². The van der Waals surface area contributed by atoms with E-state index in [2.05, 4.69) is 65.5 Å². The van der Waals surface area contributed by atoms with E-state index in [9.17, 15) is 64.2 Å². The number of esters is 1. The number of nitrogens with two attached hydrogens (primary N) is 1. The van der Waals surface area contributed by atoms with Crippen LogP contribution in [-0.2, 0) is 50.3 Å². The van der Waals surface area contributed by atoms with Crippen molar-refractivity contribution >= 4 is 46.6 Å². The van der Waals surface area contributed by atoms with Gasteiger partial charge in [-0.25, -0.2) is 0 Å². The number of benzene rings is 2. The Balaban J connectivity index is 0.000000133. The molecule has 19 nitrogen and oxygen atoms in total. The van der Waals surface area contributed by atoms with Crippen molar-refractivity contribution in [2.24, 2.45) is 86.6 Å². The Bertz CT molecular complexity index is 3900. The van der Waals surface area contributed by atoms with Gasteiger partial charge in [0.25, 0.3) is 5.91 Å². The van der Waals surface area contributed by atoms with Gasteiger partial charge < -0.3 is 50.6 Å². The lowest BCUT2D eigenvalue weighted by Gasteiger charge is -2.57. The number of carbonyl (C=O) groups excluding carboxylic acids is 7. The number of aromatic hydroxyl groups is 1. The molecule has 2 aliphatic heterocycles. The van der Waals surface area contributed by atoms with Crippen LogP contribution in [0.1, 0.15) is 238 Å². The minimum Gasteiger partial charge on any atom is -0.508 e. The summed E-state index contributed by atoms with van der Waals surface area (Å²) in [5.41, 5.74) is 5.69. The number of carbonyl (C=O) groups is 7. The van der Waals surface area contributed by atoms with Crippen LogP contribution in [-0.4, -0.2) is 146 Å². The number of phenolic OH excluding ortho intramolecular Hbond substituents is 1. The second-order valence-corrected chi connectivity index (χ2v) is 35.6. The fraction of sp³-hybridized carbons (Fsp3) is 0.686. The largest absolute Gasteiger partial charge is 0.508 e. The monoisotopic (exact) mass is 1450 g/mol. The van der Waals surface area contributed by atoms with Crippen LogP contribution in [0, 0.1) is 80.8 Å². The first-order valence-corrected chi connectivity index (χ1v) is 39.7. The second kappa shape index (κ2) is 29.8. The Morgan fingerprint density at radius 3 is 1.90 bits per heavy atom. The van der Waals surface area contributed by atoms with Crippen LogP contribution in [0.4, 0.5) is 0 Å². The van der Waals surface area contributed by atoms with Crippen molar-refractivity contribution in [2.45, 2.75) is 251 Å². The van der Waals surface area contributed by atoms with Crippen LogP contribution in [0.15, 0.2) is 70.5 Å². The van der Waals surface area contributed by atoms with Gasteiger partial charge in [-0.2, -0.15) is 0 Å². The number of rotatable bonds is 12. The van der Waals surface area contributed by atoms with Gasteiger partial charge >= 0.3 is 5.97 Å². The summed E-state index contributed by atoms with van der Waals surface area (Å²) >= 11 is 0. The number of allylic oxidation sites excluding steroid dienone is 2. The van der Waals surface area contributed by atoms with Crippen molar-refractivity contribution in [2.75, 3.05) is 41.4 Å². The topological polar surface area (TPSA) is 301 Å². The van der Waals surface area contributed by atoms with Gasteiger partial charge in [0.1, 0.15) is 34.7 Å². The lowest BCUT2D eigenvalue weighted by atomic mass is 9.47. The molecule has 11 aliphatic carbocycles. The molecule has 7 saturated carbocycles. The smallest absolute Gasteiger partial charge is 0.306 e. The third kappa shape index (κ3) is 13.5. The van der Waals surface area contributed by atoms with Crippen LogP contribution >= 0.6 is 0 Å². The molecule has 0 bridgehead atoms. The molecule has 574 valence electrons. The van der Waals surface area contributed by atoms with Gasteiger partial charge in [0.15, 0.2) is 34.4 Å². The summed E-state index contributed by atoms with van der Waals surface area (Å²) in [7, 11) is 6.34. The third-order valence-corrected chi connectivity index (χ3v) is 29.5. The number of Topliss-reactive ketones (excluding diaryl/α,β-unsaturated/α-hetero) is 3. The van der Waals surface area contributed by atoms with Crippen molar-refractivity contribution < 1.29 is 78.4 Å². The first kappa shape index (κ1) is 78.1. The molecule has 1 saturated heterocycles. The number of primary amides is 1. The highest BCUT2D eigenvalue weighted by Crippen LogP contribution is 2.68. The molecule has 105 heavy (non-hydrogen) atoms. The van der Waals surface area contributed by atoms with Gasteiger partial charge in [-0.1, -0.05) is 91.0 Å². The number of aliphatic hydroxyl groups is 5. The molecule has 2 aromatic carbocycles. The molecule has 1 amide bonds. The van der Waals surface area contributed by atoms with Crippen LogP contribution < -0.4 is 15.2 Å². The summed E-state index contributed by atoms with van der Waals surface area (Å²) in [6.07, 6.45) is 29.1. The van der Waals surface area contributed by atoms with E-state index >= 15 is 0 Å². The number of methoxy groups -OCH3 is 2. The number of amides is 1. The van der Waals surface area contributed by atoms with Gasteiger partial charge in [-0.05, 0) is 241 Å². The molecule has 2 aromatic rings. The van der Waals surface area contributed by atoms with Crippen molar-refractivity contribution in [3.8, 4) is 17.2 Å². The number of phenols is 1. The van der Waals surface area contributed by atoms with Crippen molar-refractivity contribution in [3.63, 3.8) is 0 Å². The quantitative estimate of drug-likeness (QED) is 0.0590. The van der Waals surface area contributed by atoms with Gasteiger partial charge in [-0.15, -0.1) is 0 Å². The van der Waals surface area contributed by atoms with Crippen LogP contribution in [0.5, 0.6) is 17.2 Å². The lowest BCUT2D eigenvalue weighted by molar-refractivity contribution is -0.160. The zero-order valence-electron chi connectivity index (χ0n) is 64.5. The Labute approximate surface area is 621 Å². The summed E-state index contributed by atoms with van der Waals surface area (Å²) in [4.78, 5) is 91.3. The number of hydrogen-bond donors (Lipinski definition) is 7. The van der Waals surface area contributed by atoms with E-state index in [4.69, 9.17) is 19.9 Å². The Hall–Kier alpha value is -6.51. The molecule has 8 N–H and O–H groups in total. The summed E-state index contributed by atoms with van der Waals surface area (Å²) in [6.45, 7) is 19.5. The van der Waals surface area contributed by atoms with Gasteiger partial charge in [-0.3, -0.25) is 43.4 Å². The molecule has 19 heteroatoms. The number of aliphatic hydroxyl groups excluding tert-OH is 3. The van der Waals surface area contributed by atoms with Gasteiger partial charge in [0.2, 0.25) is 5.78 Å². The maximum absolute atomic E-state index is 13.7. The number of nitrogens with zero attached hydrogens (tertiary/aromatic N) is 2. The average Bonchev–Trinajstić information content (AvgIpc) is 0.995. The molecule has 13 aliphatic rings. The number of piperidine rings is 1. The first-order valence-electron chi connectivity index (χ1n) is 39.7. The average molecular weight is 1450 g/mol. The number of ether oxygens (including phenoxy) is 3. The zero-order valence-corrected chi connectivity index (χ0v) is 64.5. The van der Waals surface area contributed by atoms with Crippen molar-refractivity contribution in [1.82, 2.24) is 9.80 Å². The molecule has 0 aromatic heterocycles. The molecular weight excluding hydrogens is 1330 g/mol. The van der Waals surface area contributed by atoms with E-state index in [1.807, 2.05) is 12.2 Å². The lowest BCUT2D eigenvalue weighted by Crippen LogP contribution is -2.67. The molecule has 19 atom stereocenters. The highest BCUT2D eigenvalue weighted by atomic mass is 16.5. The first-order chi connectivity index (χ1) is 49.6. The molecule has 15 rings (SSSR count). The predicted octanol–water partition coefficient (Wildman–Crippen LogP) is 13.1. The summed E-state index contributed by atoms with van der Waals surface area (Å²) in [5, 5.41) is 65.3. The second-order valence-electron chi connectivity index (χ2n) is 35.6. The maximum Gasteiger partial charge on any atom is 0.306 e. The number of unbranched alkanes of at least 4 members (excludes halogenated alkanes) is 3. The summed E-state index contributed by atoms with van der Waals surface area (Å²) in [5.74, 6) is -0.118. The maximum atomic E-state index is 13.7. The minimum atomic E-state index is -2.75. The molecule has 8 fully saturated rings. The van der Waals surface area contributed by atoms with Gasteiger partial charge in [0.05, 0.1) is 37.5 Å². The van der Waals surface area contributed by atoms with Crippen LogP contribution in [0.2, 0.25) is 0 Å². The molecule has 0 spiro atoms. The van der Waals surface area contributed by atoms with Crippen molar-refractivity contribution in [1.29, 1.82) is 0 Å². The zero-order chi connectivity index (χ0) is 75.9.